The van der Waals surface area contributed by atoms with Crippen LogP contribution in [0.25, 0.3) is 0 Å². The van der Waals surface area contributed by atoms with Crippen LogP contribution >= 0.6 is 0 Å². The summed E-state index contributed by atoms with van der Waals surface area (Å²) in [6.07, 6.45) is 6.51. The van der Waals surface area contributed by atoms with Crippen LogP contribution in [0.2, 0.25) is 0 Å². The van der Waals surface area contributed by atoms with Crippen molar-refractivity contribution in [3.63, 3.8) is 0 Å². The molecule has 1 fully saturated rings. The number of esters is 1. The first-order chi connectivity index (χ1) is 7.68. The third-order valence-corrected chi connectivity index (χ3v) is 3.07. The predicted molar refractivity (Wildman–Crippen MR) is 65.3 cm³/mol. The molecule has 0 radical (unpaired) electrons. The van der Waals surface area contributed by atoms with Gasteiger partial charge in [-0.2, -0.15) is 0 Å². The number of rotatable bonds is 7. The lowest BCUT2D eigenvalue weighted by Crippen LogP contribution is -2.24. The van der Waals surface area contributed by atoms with Gasteiger partial charge in [0, 0.05) is 12.5 Å². The van der Waals surface area contributed by atoms with Crippen molar-refractivity contribution in [3.05, 3.63) is 0 Å². The zero-order valence-electron chi connectivity index (χ0n) is 10.6. The molecule has 0 aromatic carbocycles. The van der Waals surface area contributed by atoms with E-state index in [1.165, 1.54) is 25.7 Å². The molecular weight excluding hydrogens is 202 g/mol. The Morgan fingerprint density at radius 1 is 1.38 bits per heavy atom. The lowest BCUT2D eigenvalue weighted by atomic mass is 10.1. The summed E-state index contributed by atoms with van der Waals surface area (Å²) in [5, 5.41) is 3.29. The first-order valence-electron chi connectivity index (χ1n) is 6.57. The second-order valence-electron chi connectivity index (χ2n) is 5.05. The van der Waals surface area contributed by atoms with Crippen LogP contribution in [-0.4, -0.2) is 25.2 Å². The van der Waals surface area contributed by atoms with Gasteiger partial charge in [0.05, 0.1) is 6.61 Å². The number of carbonyl (C=O) groups is 1. The molecule has 1 saturated carbocycles. The minimum atomic E-state index is -0.0301. The highest BCUT2D eigenvalue weighted by Crippen LogP contribution is 2.24. The van der Waals surface area contributed by atoms with E-state index in [1.54, 1.807) is 0 Å². The molecule has 1 rings (SSSR count). The maximum absolute atomic E-state index is 11.4. The van der Waals surface area contributed by atoms with Gasteiger partial charge in [-0.3, -0.25) is 4.79 Å². The van der Waals surface area contributed by atoms with Crippen molar-refractivity contribution in [1.29, 1.82) is 0 Å². The maximum Gasteiger partial charge on any atom is 0.305 e. The van der Waals surface area contributed by atoms with Crippen molar-refractivity contribution in [2.45, 2.75) is 58.4 Å². The van der Waals surface area contributed by atoms with Crippen LogP contribution < -0.4 is 5.32 Å². The largest absolute Gasteiger partial charge is 0.465 e. The highest BCUT2D eigenvalue weighted by Gasteiger charge is 2.16. The van der Waals surface area contributed by atoms with Crippen molar-refractivity contribution in [2.24, 2.45) is 5.92 Å². The SMILES string of the molecule is CC(C)NCCCC(=O)OCC1CCCC1. The second-order valence-corrected chi connectivity index (χ2v) is 5.05. The Morgan fingerprint density at radius 2 is 2.06 bits per heavy atom. The van der Waals surface area contributed by atoms with E-state index in [0.29, 0.717) is 25.0 Å². The van der Waals surface area contributed by atoms with Gasteiger partial charge < -0.3 is 10.1 Å². The summed E-state index contributed by atoms with van der Waals surface area (Å²) in [5.41, 5.74) is 0. The fourth-order valence-electron chi connectivity index (χ4n) is 2.08. The van der Waals surface area contributed by atoms with Gasteiger partial charge in [-0.15, -0.1) is 0 Å². The first-order valence-corrected chi connectivity index (χ1v) is 6.57. The standard InChI is InChI=1S/C13H25NO2/c1-11(2)14-9-5-8-13(15)16-10-12-6-3-4-7-12/h11-12,14H,3-10H2,1-2H3. The zero-order chi connectivity index (χ0) is 11.8. The molecule has 0 aromatic rings. The van der Waals surface area contributed by atoms with E-state index in [-0.39, 0.29) is 5.97 Å². The van der Waals surface area contributed by atoms with Gasteiger partial charge in [0.2, 0.25) is 0 Å². The van der Waals surface area contributed by atoms with Crippen LogP contribution in [0.3, 0.4) is 0 Å². The van der Waals surface area contributed by atoms with E-state index in [0.717, 1.165) is 13.0 Å². The Bertz CT molecular complexity index is 198. The third-order valence-electron chi connectivity index (χ3n) is 3.07. The molecule has 16 heavy (non-hydrogen) atoms. The number of hydrogen-bond acceptors (Lipinski definition) is 3. The van der Waals surface area contributed by atoms with E-state index in [9.17, 15) is 4.79 Å². The molecule has 3 heteroatoms. The number of nitrogens with one attached hydrogen (secondary N) is 1. The zero-order valence-corrected chi connectivity index (χ0v) is 10.6. The number of hydrogen-bond donors (Lipinski definition) is 1. The Balaban J connectivity index is 1.94. The Hall–Kier alpha value is -0.570. The van der Waals surface area contributed by atoms with Crippen LogP contribution in [0, 0.1) is 5.92 Å². The molecule has 1 aliphatic rings. The molecule has 0 unspecified atom stereocenters. The molecule has 0 amide bonds. The molecule has 0 aliphatic heterocycles. The molecule has 0 bridgehead atoms. The van der Waals surface area contributed by atoms with Crippen LogP contribution in [-0.2, 0) is 9.53 Å². The minimum absolute atomic E-state index is 0.0301. The van der Waals surface area contributed by atoms with Gasteiger partial charge in [-0.1, -0.05) is 26.7 Å². The van der Waals surface area contributed by atoms with Crippen LogP contribution in [0.1, 0.15) is 52.4 Å². The average Bonchev–Trinajstić information content (AvgIpc) is 2.74. The lowest BCUT2D eigenvalue weighted by molar-refractivity contribution is -0.145. The quantitative estimate of drug-likeness (QED) is 0.536. The fraction of sp³-hybridized carbons (Fsp3) is 0.923. The molecule has 3 nitrogen and oxygen atoms in total. The summed E-state index contributed by atoms with van der Waals surface area (Å²) in [6.45, 7) is 5.77. The molecule has 0 spiro atoms. The normalized spacial score (nSPS) is 16.9. The monoisotopic (exact) mass is 227 g/mol. The third kappa shape index (κ3) is 6.11. The summed E-state index contributed by atoms with van der Waals surface area (Å²) >= 11 is 0. The van der Waals surface area contributed by atoms with E-state index in [2.05, 4.69) is 19.2 Å². The van der Waals surface area contributed by atoms with Gasteiger partial charge in [-0.25, -0.2) is 0 Å². The number of ether oxygens (including phenoxy) is 1. The number of carbonyl (C=O) groups excluding carboxylic acids is 1. The average molecular weight is 227 g/mol. The summed E-state index contributed by atoms with van der Waals surface area (Å²) in [5.74, 6) is 0.607. The molecule has 94 valence electrons. The Morgan fingerprint density at radius 3 is 2.69 bits per heavy atom. The minimum Gasteiger partial charge on any atom is -0.465 e. The molecule has 0 heterocycles. The van der Waals surface area contributed by atoms with Gasteiger partial charge in [0.25, 0.3) is 0 Å². The Kier molecular flexibility index (Phi) is 6.46. The highest BCUT2D eigenvalue weighted by molar-refractivity contribution is 5.69. The molecule has 0 saturated heterocycles. The van der Waals surface area contributed by atoms with Gasteiger partial charge in [0.1, 0.15) is 0 Å². The van der Waals surface area contributed by atoms with Crippen molar-refractivity contribution >= 4 is 5.97 Å². The van der Waals surface area contributed by atoms with Gasteiger partial charge in [0.15, 0.2) is 0 Å². The molecule has 0 atom stereocenters. The van der Waals surface area contributed by atoms with Gasteiger partial charge >= 0.3 is 5.97 Å². The Labute approximate surface area is 98.9 Å². The molecular formula is C13H25NO2. The highest BCUT2D eigenvalue weighted by atomic mass is 16.5. The fourth-order valence-corrected chi connectivity index (χ4v) is 2.08. The van der Waals surface area contributed by atoms with Crippen molar-refractivity contribution in [1.82, 2.24) is 5.32 Å². The van der Waals surface area contributed by atoms with Crippen molar-refractivity contribution < 1.29 is 9.53 Å². The summed E-state index contributed by atoms with van der Waals surface area (Å²) in [4.78, 5) is 11.4. The summed E-state index contributed by atoms with van der Waals surface area (Å²) in [6, 6.07) is 0.495. The van der Waals surface area contributed by atoms with Crippen molar-refractivity contribution in [3.8, 4) is 0 Å². The van der Waals surface area contributed by atoms with E-state index < -0.39 is 0 Å². The van der Waals surface area contributed by atoms with Crippen LogP contribution in [0.15, 0.2) is 0 Å². The maximum atomic E-state index is 11.4. The summed E-state index contributed by atoms with van der Waals surface area (Å²) in [7, 11) is 0. The van der Waals surface area contributed by atoms with E-state index in [1.807, 2.05) is 0 Å². The van der Waals surface area contributed by atoms with Gasteiger partial charge in [-0.05, 0) is 31.7 Å². The predicted octanol–water partition coefficient (Wildman–Crippen LogP) is 2.50. The molecule has 1 N–H and O–H groups in total. The lowest BCUT2D eigenvalue weighted by Gasteiger charge is -2.10. The first kappa shape index (κ1) is 13.5. The smallest absolute Gasteiger partial charge is 0.305 e. The second kappa shape index (κ2) is 7.66. The van der Waals surface area contributed by atoms with E-state index >= 15 is 0 Å². The topological polar surface area (TPSA) is 38.3 Å². The van der Waals surface area contributed by atoms with E-state index in [4.69, 9.17) is 4.74 Å². The molecule has 1 aliphatic carbocycles. The van der Waals surface area contributed by atoms with Crippen LogP contribution in [0.5, 0.6) is 0 Å². The summed E-state index contributed by atoms with van der Waals surface area (Å²) < 4.78 is 5.27. The van der Waals surface area contributed by atoms with Crippen LogP contribution in [0.4, 0.5) is 0 Å². The van der Waals surface area contributed by atoms with Crippen molar-refractivity contribution in [2.75, 3.05) is 13.2 Å². The molecule has 0 aromatic heterocycles.